The number of nitrogens with zero attached hydrogens (tertiary/aromatic N) is 3. The lowest BCUT2D eigenvalue weighted by Gasteiger charge is -2.21. The Kier molecular flexibility index (Phi) is 3.75. The van der Waals surface area contributed by atoms with Crippen LogP contribution in [0, 0.1) is 0 Å². The first-order chi connectivity index (χ1) is 18.6. The fourth-order valence-electron chi connectivity index (χ4n) is 6.70. The molecule has 1 aliphatic rings. The zero-order chi connectivity index (χ0) is 25.2. The summed E-state index contributed by atoms with van der Waals surface area (Å²) in [6.45, 7) is 4.71. The molecule has 0 bridgehead atoms. The number of fused-ring (bicyclic) bond motifs is 11. The lowest BCUT2D eigenvalue weighted by atomic mass is 9.82. The molecule has 0 saturated carbocycles. The van der Waals surface area contributed by atoms with Gasteiger partial charge in [0.1, 0.15) is 0 Å². The number of pyridine rings is 1. The fourth-order valence-corrected chi connectivity index (χ4v) is 7.91. The van der Waals surface area contributed by atoms with E-state index >= 15 is 0 Å². The minimum atomic E-state index is -0.0345. The molecule has 0 radical (unpaired) electrons. The third-order valence-corrected chi connectivity index (χ3v) is 9.72. The first-order valence-corrected chi connectivity index (χ1v) is 13.9. The maximum atomic E-state index is 5.22. The zero-order valence-corrected chi connectivity index (χ0v) is 21.9. The molecule has 9 rings (SSSR count). The van der Waals surface area contributed by atoms with Gasteiger partial charge in [0.2, 0.25) is 0 Å². The highest BCUT2D eigenvalue weighted by atomic mass is 32.1. The Labute approximate surface area is 223 Å². The van der Waals surface area contributed by atoms with E-state index in [-0.39, 0.29) is 5.41 Å². The molecule has 1 aliphatic carbocycles. The van der Waals surface area contributed by atoms with Crippen molar-refractivity contribution in [1.82, 2.24) is 14.2 Å². The van der Waals surface area contributed by atoms with Crippen LogP contribution in [0.4, 0.5) is 0 Å². The van der Waals surface area contributed by atoms with E-state index in [1.165, 1.54) is 58.8 Å². The quantitative estimate of drug-likeness (QED) is 0.218. The Morgan fingerprint density at radius 3 is 2.45 bits per heavy atom. The lowest BCUT2D eigenvalue weighted by molar-refractivity contribution is 0.661. The summed E-state index contributed by atoms with van der Waals surface area (Å²) in [7, 11) is 0. The van der Waals surface area contributed by atoms with Gasteiger partial charge in [-0.1, -0.05) is 80.6 Å². The molecule has 0 amide bonds. The topological polar surface area (TPSA) is 22.2 Å². The molecular weight excluding hydrogens is 482 g/mol. The average molecular weight is 506 g/mol. The second-order valence-electron chi connectivity index (χ2n) is 10.9. The van der Waals surface area contributed by atoms with Crippen LogP contribution in [0.1, 0.15) is 25.0 Å². The van der Waals surface area contributed by atoms with Crippen molar-refractivity contribution >= 4 is 59.0 Å². The highest BCUT2D eigenvalue weighted by Gasteiger charge is 2.36. The van der Waals surface area contributed by atoms with Crippen LogP contribution in [0.25, 0.3) is 64.6 Å². The first kappa shape index (κ1) is 20.6. The van der Waals surface area contributed by atoms with Crippen LogP contribution < -0.4 is 0 Å². The smallest absolute Gasteiger partial charge is 0.160 e. The van der Waals surface area contributed by atoms with Crippen LogP contribution >= 0.6 is 11.3 Å². The van der Waals surface area contributed by atoms with E-state index in [4.69, 9.17) is 5.10 Å². The highest BCUT2D eigenvalue weighted by molar-refractivity contribution is 7.26. The van der Waals surface area contributed by atoms with Gasteiger partial charge in [0.05, 0.1) is 26.8 Å². The van der Waals surface area contributed by atoms with E-state index < -0.39 is 0 Å². The van der Waals surface area contributed by atoms with Gasteiger partial charge in [-0.3, -0.25) is 4.57 Å². The van der Waals surface area contributed by atoms with Crippen LogP contribution in [0.15, 0.2) is 103 Å². The lowest BCUT2D eigenvalue weighted by Crippen LogP contribution is -2.14. The Bertz CT molecular complexity index is 2270. The summed E-state index contributed by atoms with van der Waals surface area (Å²) in [6.07, 6.45) is 0. The molecule has 4 aromatic carbocycles. The Hall–Kier alpha value is -4.41. The molecule has 4 heteroatoms. The standard InChI is InChI=1S/C34H23N3S/c1-34(2)26-12-6-4-10-22(26)24-19-29-25(18-27(24)34)33-32(23-11-5-8-14-30(23)38-33)36(29)31-17-21-16-15-20-9-3-7-13-28(20)37(21)35-31/h3-19H,1-2H3. The molecule has 4 heterocycles. The molecule has 0 spiro atoms. The Morgan fingerprint density at radius 2 is 1.50 bits per heavy atom. The van der Waals surface area contributed by atoms with Crippen molar-refractivity contribution < 1.29 is 0 Å². The number of para-hydroxylation sites is 1. The third-order valence-electron chi connectivity index (χ3n) is 8.53. The molecule has 4 aromatic heterocycles. The molecule has 0 N–H and O–H groups in total. The van der Waals surface area contributed by atoms with E-state index in [0.717, 1.165) is 16.9 Å². The summed E-state index contributed by atoms with van der Waals surface area (Å²) in [5.74, 6) is 0.954. The monoisotopic (exact) mass is 505 g/mol. The summed E-state index contributed by atoms with van der Waals surface area (Å²) in [4.78, 5) is 0. The molecule has 0 fully saturated rings. The minimum Gasteiger partial charge on any atom is -0.291 e. The molecule has 38 heavy (non-hydrogen) atoms. The van der Waals surface area contributed by atoms with Gasteiger partial charge in [0.15, 0.2) is 5.82 Å². The number of benzene rings is 4. The van der Waals surface area contributed by atoms with E-state index in [9.17, 15) is 0 Å². The van der Waals surface area contributed by atoms with Crippen LogP contribution in [-0.4, -0.2) is 14.2 Å². The molecular formula is C34H23N3S. The van der Waals surface area contributed by atoms with Gasteiger partial charge >= 0.3 is 0 Å². The van der Waals surface area contributed by atoms with Crippen molar-refractivity contribution in [3.63, 3.8) is 0 Å². The summed E-state index contributed by atoms with van der Waals surface area (Å²) >= 11 is 1.89. The summed E-state index contributed by atoms with van der Waals surface area (Å²) in [5, 5.41) is 9.00. The van der Waals surface area contributed by atoms with E-state index in [1.807, 2.05) is 11.3 Å². The van der Waals surface area contributed by atoms with Crippen LogP contribution in [-0.2, 0) is 5.41 Å². The largest absolute Gasteiger partial charge is 0.291 e. The van der Waals surface area contributed by atoms with Crippen molar-refractivity contribution in [3.05, 3.63) is 114 Å². The number of aromatic nitrogens is 3. The van der Waals surface area contributed by atoms with Gasteiger partial charge in [-0.05, 0) is 52.6 Å². The summed E-state index contributed by atoms with van der Waals surface area (Å²) in [5.41, 5.74) is 10.1. The van der Waals surface area contributed by atoms with Crippen molar-refractivity contribution in [2.75, 3.05) is 0 Å². The molecule has 180 valence electrons. The third kappa shape index (κ3) is 2.46. The second-order valence-corrected chi connectivity index (χ2v) is 12.0. The van der Waals surface area contributed by atoms with Crippen molar-refractivity contribution in [2.45, 2.75) is 19.3 Å². The van der Waals surface area contributed by atoms with E-state index in [1.54, 1.807) is 0 Å². The number of hydrogen-bond donors (Lipinski definition) is 0. The van der Waals surface area contributed by atoms with Crippen molar-refractivity contribution in [1.29, 1.82) is 0 Å². The SMILES string of the molecule is CC1(C)c2ccccc2-c2cc3c(cc21)c1sc2ccccc2c1n3-c1cc2ccc3ccccc3n2n1. The normalized spacial score (nSPS) is 14.3. The Balaban J connectivity index is 1.45. The molecule has 0 atom stereocenters. The van der Waals surface area contributed by atoms with Crippen LogP contribution in [0.2, 0.25) is 0 Å². The summed E-state index contributed by atoms with van der Waals surface area (Å²) in [6, 6.07) is 37.6. The van der Waals surface area contributed by atoms with E-state index in [2.05, 4.69) is 126 Å². The first-order valence-electron chi connectivity index (χ1n) is 13.1. The average Bonchev–Trinajstić information content (AvgIpc) is 3.67. The zero-order valence-electron chi connectivity index (χ0n) is 21.1. The van der Waals surface area contributed by atoms with Crippen LogP contribution in [0.3, 0.4) is 0 Å². The molecule has 0 saturated heterocycles. The predicted octanol–water partition coefficient (Wildman–Crippen LogP) is 9.11. The van der Waals surface area contributed by atoms with Gasteiger partial charge < -0.3 is 0 Å². The molecule has 0 aliphatic heterocycles. The van der Waals surface area contributed by atoms with Gasteiger partial charge in [-0.15, -0.1) is 16.4 Å². The van der Waals surface area contributed by atoms with E-state index in [0.29, 0.717) is 0 Å². The van der Waals surface area contributed by atoms with Crippen molar-refractivity contribution in [2.24, 2.45) is 0 Å². The van der Waals surface area contributed by atoms with Crippen LogP contribution in [0.5, 0.6) is 0 Å². The fraction of sp³-hybridized carbons (Fsp3) is 0.0882. The summed E-state index contributed by atoms with van der Waals surface area (Å²) < 4.78 is 7.13. The van der Waals surface area contributed by atoms with Gasteiger partial charge in [0, 0.05) is 32.3 Å². The minimum absolute atomic E-state index is 0.0345. The van der Waals surface area contributed by atoms with Crippen molar-refractivity contribution in [3.8, 4) is 16.9 Å². The van der Waals surface area contributed by atoms with Gasteiger partial charge in [-0.2, -0.15) is 0 Å². The maximum Gasteiger partial charge on any atom is 0.160 e. The maximum absolute atomic E-state index is 5.22. The Morgan fingerprint density at radius 1 is 0.684 bits per heavy atom. The highest BCUT2D eigenvalue weighted by Crippen LogP contribution is 2.52. The number of hydrogen-bond acceptors (Lipinski definition) is 2. The second kappa shape index (κ2) is 6.91. The molecule has 8 aromatic rings. The molecule has 3 nitrogen and oxygen atoms in total. The number of rotatable bonds is 1. The number of thiophene rings is 1. The predicted molar refractivity (Wildman–Crippen MR) is 160 cm³/mol. The molecule has 0 unspecified atom stereocenters. The van der Waals surface area contributed by atoms with Gasteiger partial charge in [0.25, 0.3) is 0 Å². The van der Waals surface area contributed by atoms with Gasteiger partial charge in [-0.25, -0.2) is 4.52 Å².